The Kier molecular flexibility index (Phi) is 6.30. The van der Waals surface area contributed by atoms with Crippen molar-refractivity contribution in [3.8, 4) is 0 Å². The number of rotatable bonds is 6. The maximum atomic E-state index is 6.24. The maximum absolute atomic E-state index is 6.24. The van der Waals surface area contributed by atoms with Gasteiger partial charge in [0.05, 0.1) is 11.4 Å². The summed E-state index contributed by atoms with van der Waals surface area (Å²) in [6, 6.07) is 11.2. The van der Waals surface area contributed by atoms with Gasteiger partial charge >= 0.3 is 0 Å². The molecule has 0 amide bonds. The van der Waals surface area contributed by atoms with E-state index in [1.807, 2.05) is 19.2 Å². The van der Waals surface area contributed by atoms with E-state index in [1.54, 1.807) is 0 Å². The highest BCUT2D eigenvalue weighted by molar-refractivity contribution is 6.31. The molecule has 5 heteroatoms. The lowest BCUT2D eigenvalue weighted by Crippen LogP contribution is -2.45. The summed E-state index contributed by atoms with van der Waals surface area (Å²) in [4.78, 5) is 9.50. The number of nitrogens with zero attached hydrogens (tertiary/aromatic N) is 3. The molecular weight excluding hydrogens is 368 g/mol. The van der Waals surface area contributed by atoms with E-state index in [4.69, 9.17) is 11.6 Å². The third-order valence-corrected chi connectivity index (χ3v) is 6.27. The van der Waals surface area contributed by atoms with Gasteiger partial charge in [0.2, 0.25) is 0 Å². The molecule has 2 aliphatic rings. The first kappa shape index (κ1) is 19.4. The topological polar surface area (TPSA) is 31.4 Å². The van der Waals surface area contributed by atoms with Crippen LogP contribution >= 0.6 is 11.6 Å². The highest BCUT2D eigenvalue weighted by Gasteiger charge is 2.20. The van der Waals surface area contributed by atoms with Crippen LogP contribution in [0.1, 0.15) is 29.7 Å². The zero-order valence-electron chi connectivity index (χ0n) is 16.6. The number of anilines is 1. The molecule has 4 rings (SSSR count). The van der Waals surface area contributed by atoms with Crippen LogP contribution < -0.4 is 10.2 Å². The lowest BCUT2D eigenvalue weighted by atomic mass is 10.0. The Morgan fingerprint density at radius 1 is 1.18 bits per heavy atom. The van der Waals surface area contributed by atoms with Crippen LogP contribution in [0.5, 0.6) is 0 Å². The second-order valence-corrected chi connectivity index (χ2v) is 8.24. The van der Waals surface area contributed by atoms with Gasteiger partial charge in [-0.2, -0.15) is 0 Å². The van der Waals surface area contributed by atoms with Gasteiger partial charge in [0.15, 0.2) is 0 Å². The number of aryl methyl sites for hydroxylation is 1. The Morgan fingerprint density at radius 3 is 2.86 bits per heavy atom. The number of halogens is 1. The Bertz CT molecular complexity index is 827. The van der Waals surface area contributed by atoms with Crippen LogP contribution in [0.2, 0.25) is 5.02 Å². The molecule has 1 aromatic carbocycles. The first-order valence-electron chi connectivity index (χ1n) is 10.3. The van der Waals surface area contributed by atoms with E-state index in [2.05, 4.69) is 56.5 Å². The molecule has 1 N–H and O–H groups in total. The van der Waals surface area contributed by atoms with E-state index in [-0.39, 0.29) is 0 Å². The molecule has 2 aromatic rings. The summed E-state index contributed by atoms with van der Waals surface area (Å²) in [5, 5.41) is 4.57. The van der Waals surface area contributed by atoms with Crippen molar-refractivity contribution >= 4 is 23.4 Å². The molecule has 1 fully saturated rings. The van der Waals surface area contributed by atoms with E-state index < -0.39 is 0 Å². The fourth-order valence-electron chi connectivity index (χ4n) is 4.04. The van der Waals surface area contributed by atoms with Gasteiger partial charge in [0.1, 0.15) is 0 Å². The summed E-state index contributed by atoms with van der Waals surface area (Å²) in [7, 11) is 0. The van der Waals surface area contributed by atoms with Gasteiger partial charge in [-0.05, 0) is 68.3 Å². The number of fused-ring (bicyclic) bond motifs is 1. The fraction of sp³-hybridized carbons (Fsp3) is 0.435. The molecule has 0 spiro atoms. The van der Waals surface area contributed by atoms with Gasteiger partial charge < -0.3 is 15.1 Å². The monoisotopic (exact) mass is 396 g/mol. The molecule has 28 heavy (non-hydrogen) atoms. The third-order valence-electron chi connectivity index (χ3n) is 5.86. The summed E-state index contributed by atoms with van der Waals surface area (Å²) < 4.78 is 0. The average molecular weight is 397 g/mol. The minimum absolute atomic E-state index is 0.596. The number of benzene rings is 1. The molecule has 1 saturated heterocycles. The molecule has 0 radical (unpaired) electrons. The second kappa shape index (κ2) is 9.08. The zero-order valence-corrected chi connectivity index (χ0v) is 17.3. The predicted molar refractivity (Wildman–Crippen MR) is 118 cm³/mol. The largest absolute Gasteiger partial charge is 0.365 e. The molecule has 0 bridgehead atoms. The van der Waals surface area contributed by atoms with Gasteiger partial charge in [-0.3, -0.25) is 4.98 Å². The van der Waals surface area contributed by atoms with E-state index in [9.17, 15) is 0 Å². The van der Waals surface area contributed by atoms with Gasteiger partial charge in [0.25, 0.3) is 0 Å². The van der Waals surface area contributed by atoms with Gasteiger partial charge in [0, 0.05) is 43.4 Å². The second-order valence-electron chi connectivity index (χ2n) is 7.84. The molecule has 148 valence electrons. The molecule has 0 unspecified atom stereocenters. The number of pyridine rings is 1. The number of piperidine rings is 1. The van der Waals surface area contributed by atoms with Gasteiger partial charge in [-0.1, -0.05) is 29.8 Å². The predicted octanol–water partition coefficient (Wildman–Crippen LogP) is 4.13. The van der Waals surface area contributed by atoms with Crippen molar-refractivity contribution in [3.63, 3.8) is 0 Å². The molecule has 0 saturated carbocycles. The summed E-state index contributed by atoms with van der Waals surface area (Å²) >= 11 is 6.24. The third kappa shape index (κ3) is 4.75. The van der Waals surface area contributed by atoms with E-state index in [1.165, 1.54) is 24.1 Å². The highest BCUT2D eigenvalue weighted by atomic mass is 35.5. The quantitative estimate of drug-likeness (QED) is 0.795. The molecule has 2 aliphatic heterocycles. The number of nitrogens with one attached hydrogen (secondary N) is 1. The van der Waals surface area contributed by atoms with Crippen LogP contribution in [0.15, 0.2) is 42.6 Å². The highest BCUT2D eigenvalue weighted by Crippen LogP contribution is 2.23. The number of hydrogen-bond acceptors (Lipinski definition) is 4. The smallest absolute Gasteiger partial charge is 0.0860 e. The molecule has 1 aromatic heterocycles. The first-order valence-corrected chi connectivity index (χ1v) is 10.6. The van der Waals surface area contributed by atoms with Crippen molar-refractivity contribution in [1.29, 1.82) is 0 Å². The Morgan fingerprint density at radius 2 is 2.04 bits per heavy atom. The van der Waals surface area contributed by atoms with Gasteiger partial charge in [-0.25, -0.2) is 0 Å². The van der Waals surface area contributed by atoms with Crippen LogP contribution in [0.4, 0.5) is 5.69 Å². The summed E-state index contributed by atoms with van der Waals surface area (Å²) in [5.41, 5.74) is 4.76. The van der Waals surface area contributed by atoms with Crippen molar-refractivity contribution < 1.29 is 0 Å². The number of aromatic nitrogens is 1. The van der Waals surface area contributed by atoms with Crippen LogP contribution in [-0.4, -0.2) is 48.6 Å². The van der Waals surface area contributed by atoms with Crippen molar-refractivity contribution in [1.82, 2.24) is 15.2 Å². The molecular formula is C23H29ClN4. The van der Waals surface area contributed by atoms with Crippen molar-refractivity contribution in [2.75, 3.05) is 37.6 Å². The minimum atomic E-state index is 0.596. The SMILES string of the molecule is Cc1ccc(CNC2CCN(CCN3CC=Cc4ncccc43)CC2)cc1Cl. The van der Waals surface area contributed by atoms with Crippen molar-refractivity contribution in [2.24, 2.45) is 0 Å². The number of hydrogen-bond donors (Lipinski definition) is 1. The minimum Gasteiger partial charge on any atom is -0.365 e. The van der Waals surface area contributed by atoms with Crippen LogP contribution in [0, 0.1) is 6.92 Å². The van der Waals surface area contributed by atoms with E-state index in [0.717, 1.165) is 55.5 Å². The normalized spacial score (nSPS) is 17.7. The lowest BCUT2D eigenvalue weighted by molar-refractivity contribution is 0.201. The van der Waals surface area contributed by atoms with Gasteiger partial charge in [-0.15, -0.1) is 0 Å². The molecule has 4 nitrogen and oxygen atoms in total. The molecule has 0 aliphatic carbocycles. The van der Waals surface area contributed by atoms with E-state index >= 15 is 0 Å². The molecule has 0 atom stereocenters. The standard InChI is InChI=1S/C23H29ClN4/c1-18-6-7-19(16-21(18)24)17-26-20-8-12-27(13-9-20)14-15-28-11-3-4-22-23(28)5-2-10-25-22/h2-7,10,16,20,26H,8-9,11-15,17H2,1H3. The van der Waals surface area contributed by atoms with Crippen LogP contribution in [0.3, 0.4) is 0 Å². The first-order chi connectivity index (χ1) is 13.7. The molecule has 3 heterocycles. The maximum Gasteiger partial charge on any atom is 0.0860 e. The Hall–Kier alpha value is -1.88. The van der Waals surface area contributed by atoms with Crippen molar-refractivity contribution in [2.45, 2.75) is 32.4 Å². The Balaban J connectivity index is 1.20. The lowest BCUT2D eigenvalue weighted by Gasteiger charge is -2.35. The average Bonchev–Trinajstić information content (AvgIpc) is 2.74. The Labute approximate surface area is 173 Å². The van der Waals surface area contributed by atoms with Crippen LogP contribution in [-0.2, 0) is 6.54 Å². The fourth-order valence-corrected chi connectivity index (χ4v) is 4.24. The number of likely N-dealkylation sites (tertiary alicyclic amines) is 1. The van der Waals surface area contributed by atoms with Crippen molar-refractivity contribution in [3.05, 3.63) is 64.4 Å². The zero-order chi connectivity index (χ0) is 19.3. The van der Waals surface area contributed by atoms with Crippen LogP contribution in [0.25, 0.3) is 6.08 Å². The summed E-state index contributed by atoms with van der Waals surface area (Å²) in [6.45, 7) is 8.42. The summed E-state index contributed by atoms with van der Waals surface area (Å²) in [5.74, 6) is 0. The summed E-state index contributed by atoms with van der Waals surface area (Å²) in [6.07, 6.45) is 8.62. The van der Waals surface area contributed by atoms with E-state index in [0.29, 0.717) is 6.04 Å².